The third kappa shape index (κ3) is 3.77. The van der Waals surface area contributed by atoms with Crippen LogP contribution in [0.15, 0.2) is 60.7 Å². The highest BCUT2D eigenvalue weighted by molar-refractivity contribution is 7.17. The molecule has 2 heterocycles. The first-order valence-corrected chi connectivity index (χ1v) is 11.8. The van der Waals surface area contributed by atoms with Gasteiger partial charge < -0.3 is 9.47 Å². The SMILES string of the molecule is COc1sc(-c2ccccc2)nc1C1=C(c2nc(-c3ccccc3)sc2OC)CCC1. The van der Waals surface area contributed by atoms with Crippen molar-refractivity contribution in [2.75, 3.05) is 14.2 Å². The van der Waals surface area contributed by atoms with Gasteiger partial charge in [-0.2, -0.15) is 0 Å². The van der Waals surface area contributed by atoms with Crippen LogP contribution in [-0.4, -0.2) is 24.2 Å². The fraction of sp³-hybridized carbons (Fsp3) is 0.200. The lowest BCUT2D eigenvalue weighted by molar-refractivity contribution is 0.424. The molecule has 31 heavy (non-hydrogen) atoms. The van der Waals surface area contributed by atoms with Gasteiger partial charge in [0, 0.05) is 11.1 Å². The predicted molar refractivity (Wildman–Crippen MR) is 129 cm³/mol. The molecule has 0 saturated heterocycles. The second-order valence-corrected chi connectivity index (χ2v) is 9.18. The highest BCUT2D eigenvalue weighted by Gasteiger charge is 2.28. The molecule has 0 unspecified atom stereocenters. The van der Waals surface area contributed by atoms with Crippen LogP contribution in [0.2, 0.25) is 0 Å². The monoisotopic (exact) mass is 446 g/mol. The Bertz CT molecular complexity index is 1130. The first-order chi connectivity index (χ1) is 15.3. The molecule has 2 aromatic heterocycles. The Morgan fingerprint density at radius 1 is 0.645 bits per heavy atom. The first-order valence-electron chi connectivity index (χ1n) is 10.2. The molecule has 1 aliphatic carbocycles. The molecular formula is C25H22N2O2S2. The maximum atomic E-state index is 5.75. The van der Waals surface area contributed by atoms with Gasteiger partial charge >= 0.3 is 0 Å². The molecule has 5 rings (SSSR count). The van der Waals surface area contributed by atoms with Crippen molar-refractivity contribution in [2.45, 2.75) is 19.3 Å². The van der Waals surface area contributed by atoms with Gasteiger partial charge in [0.1, 0.15) is 21.4 Å². The zero-order valence-electron chi connectivity index (χ0n) is 17.4. The van der Waals surface area contributed by atoms with E-state index in [1.54, 1.807) is 36.9 Å². The molecule has 1 aliphatic rings. The lowest BCUT2D eigenvalue weighted by atomic mass is 10.1. The quantitative estimate of drug-likeness (QED) is 0.318. The van der Waals surface area contributed by atoms with Crippen LogP contribution in [-0.2, 0) is 0 Å². The average molecular weight is 447 g/mol. The highest BCUT2D eigenvalue weighted by Crippen LogP contribution is 2.49. The van der Waals surface area contributed by atoms with E-state index >= 15 is 0 Å². The number of benzene rings is 2. The van der Waals surface area contributed by atoms with Crippen LogP contribution in [0.4, 0.5) is 0 Å². The standard InChI is InChI=1S/C25H22N2O2S2/c1-28-24-20(26-22(30-24)16-10-5-3-6-11-16)18-14-9-15-19(18)21-25(29-2)31-23(27-21)17-12-7-4-8-13-17/h3-8,10-13H,9,14-15H2,1-2H3. The molecule has 6 heteroatoms. The Morgan fingerprint density at radius 3 is 1.45 bits per heavy atom. The van der Waals surface area contributed by atoms with Crippen molar-refractivity contribution in [3.05, 3.63) is 72.1 Å². The molecule has 2 aromatic carbocycles. The summed E-state index contributed by atoms with van der Waals surface area (Å²) in [7, 11) is 3.44. The number of methoxy groups -OCH3 is 2. The zero-order valence-corrected chi connectivity index (χ0v) is 19.1. The maximum Gasteiger partial charge on any atom is 0.202 e. The smallest absolute Gasteiger partial charge is 0.202 e. The highest BCUT2D eigenvalue weighted by atomic mass is 32.1. The average Bonchev–Trinajstić information content (AvgIpc) is 3.57. The minimum Gasteiger partial charge on any atom is -0.486 e. The van der Waals surface area contributed by atoms with Crippen LogP contribution in [0.25, 0.3) is 32.3 Å². The number of aromatic nitrogens is 2. The number of rotatable bonds is 6. The number of hydrogen-bond donors (Lipinski definition) is 0. The Morgan fingerprint density at radius 2 is 1.06 bits per heavy atom. The topological polar surface area (TPSA) is 44.2 Å². The van der Waals surface area contributed by atoms with E-state index in [-0.39, 0.29) is 0 Å². The summed E-state index contributed by atoms with van der Waals surface area (Å²) in [6.45, 7) is 0. The number of nitrogens with zero attached hydrogens (tertiary/aromatic N) is 2. The summed E-state index contributed by atoms with van der Waals surface area (Å²) >= 11 is 3.18. The van der Waals surface area contributed by atoms with Gasteiger partial charge in [-0.1, -0.05) is 83.3 Å². The molecule has 0 saturated carbocycles. The molecule has 0 spiro atoms. The predicted octanol–water partition coefficient (Wildman–Crippen LogP) is 7.05. The van der Waals surface area contributed by atoms with Crippen LogP contribution >= 0.6 is 22.7 Å². The lowest BCUT2D eigenvalue weighted by Gasteiger charge is -2.07. The summed E-state index contributed by atoms with van der Waals surface area (Å²) in [5.41, 5.74) is 6.53. The molecule has 156 valence electrons. The van der Waals surface area contributed by atoms with Gasteiger partial charge in [-0.05, 0) is 30.4 Å². The largest absolute Gasteiger partial charge is 0.486 e. The van der Waals surface area contributed by atoms with Crippen molar-refractivity contribution in [1.29, 1.82) is 0 Å². The van der Waals surface area contributed by atoms with E-state index in [0.717, 1.165) is 61.9 Å². The third-order valence-electron chi connectivity index (χ3n) is 5.39. The number of thiazole rings is 2. The van der Waals surface area contributed by atoms with Gasteiger partial charge in [0.25, 0.3) is 0 Å². The van der Waals surface area contributed by atoms with E-state index in [0.29, 0.717) is 0 Å². The van der Waals surface area contributed by atoms with Crippen molar-refractivity contribution in [3.63, 3.8) is 0 Å². The van der Waals surface area contributed by atoms with E-state index in [1.807, 2.05) is 36.4 Å². The fourth-order valence-electron chi connectivity index (χ4n) is 3.95. The van der Waals surface area contributed by atoms with Gasteiger partial charge in [0.2, 0.25) is 10.1 Å². The van der Waals surface area contributed by atoms with Crippen LogP contribution in [0.3, 0.4) is 0 Å². The Labute approximate surface area is 189 Å². The summed E-state index contributed by atoms with van der Waals surface area (Å²) in [4.78, 5) is 10.00. The van der Waals surface area contributed by atoms with Crippen molar-refractivity contribution in [1.82, 2.24) is 9.97 Å². The summed E-state index contributed by atoms with van der Waals surface area (Å²) in [6.07, 6.45) is 3.00. The van der Waals surface area contributed by atoms with Crippen LogP contribution < -0.4 is 9.47 Å². The molecule has 0 N–H and O–H groups in total. The van der Waals surface area contributed by atoms with E-state index in [2.05, 4.69) is 24.3 Å². The second-order valence-electron chi connectivity index (χ2n) is 7.26. The Kier molecular flexibility index (Phi) is 5.57. The zero-order chi connectivity index (χ0) is 21.2. The summed E-state index contributed by atoms with van der Waals surface area (Å²) in [5, 5.41) is 3.65. The maximum absolute atomic E-state index is 5.75. The molecule has 0 fully saturated rings. The van der Waals surface area contributed by atoms with Crippen LogP contribution in [0.1, 0.15) is 30.7 Å². The molecule has 0 atom stereocenters. The van der Waals surface area contributed by atoms with Crippen molar-refractivity contribution >= 4 is 33.8 Å². The van der Waals surface area contributed by atoms with E-state index in [4.69, 9.17) is 19.4 Å². The molecule has 4 nitrogen and oxygen atoms in total. The molecule has 0 aliphatic heterocycles. The van der Waals surface area contributed by atoms with Gasteiger partial charge in [0.15, 0.2) is 0 Å². The summed E-state index contributed by atoms with van der Waals surface area (Å²) in [6, 6.07) is 20.5. The Balaban J connectivity index is 1.62. The van der Waals surface area contributed by atoms with E-state index in [1.165, 1.54) is 11.1 Å². The minimum atomic E-state index is 0.853. The number of allylic oxidation sites excluding steroid dienone is 2. The molecular weight excluding hydrogens is 424 g/mol. The molecule has 0 amide bonds. The van der Waals surface area contributed by atoms with Gasteiger partial charge in [-0.3, -0.25) is 0 Å². The normalized spacial score (nSPS) is 13.6. The van der Waals surface area contributed by atoms with Crippen molar-refractivity contribution in [2.24, 2.45) is 0 Å². The van der Waals surface area contributed by atoms with Gasteiger partial charge in [-0.25, -0.2) is 9.97 Å². The molecule has 0 bridgehead atoms. The number of ether oxygens (including phenoxy) is 2. The summed E-state index contributed by atoms with van der Waals surface area (Å²) in [5.74, 6) is 0. The fourth-order valence-corrected chi connectivity index (χ4v) is 5.78. The van der Waals surface area contributed by atoms with Gasteiger partial charge in [-0.15, -0.1) is 0 Å². The van der Waals surface area contributed by atoms with E-state index < -0.39 is 0 Å². The van der Waals surface area contributed by atoms with Crippen LogP contribution in [0.5, 0.6) is 10.1 Å². The summed E-state index contributed by atoms with van der Waals surface area (Å²) < 4.78 is 11.5. The first kappa shape index (κ1) is 20.0. The second kappa shape index (κ2) is 8.65. The van der Waals surface area contributed by atoms with Crippen LogP contribution in [0, 0.1) is 0 Å². The minimum absolute atomic E-state index is 0.853. The molecule has 0 radical (unpaired) electrons. The Hall–Kier alpha value is -2.96. The number of hydrogen-bond acceptors (Lipinski definition) is 6. The van der Waals surface area contributed by atoms with Crippen molar-refractivity contribution < 1.29 is 9.47 Å². The van der Waals surface area contributed by atoms with Crippen molar-refractivity contribution in [3.8, 4) is 31.3 Å². The lowest BCUT2D eigenvalue weighted by Crippen LogP contribution is -1.93. The van der Waals surface area contributed by atoms with E-state index in [9.17, 15) is 0 Å². The van der Waals surface area contributed by atoms with Gasteiger partial charge in [0.05, 0.1) is 14.2 Å². The third-order valence-corrected chi connectivity index (χ3v) is 7.53. The molecule has 4 aromatic rings.